The van der Waals surface area contributed by atoms with Gasteiger partial charge in [0.15, 0.2) is 0 Å². The number of carbonyl (C=O) groups excluding carboxylic acids is 2. The van der Waals surface area contributed by atoms with Crippen LogP contribution in [0.15, 0.2) is 60.2 Å². The Morgan fingerprint density at radius 1 is 1.16 bits per heavy atom. The smallest absolute Gasteiger partial charge is 0.338 e. The number of ether oxygens (including phenoxy) is 1. The highest BCUT2D eigenvalue weighted by Crippen LogP contribution is 2.32. The van der Waals surface area contributed by atoms with Crippen LogP contribution in [0, 0.1) is 5.82 Å². The van der Waals surface area contributed by atoms with Gasteiger partial charge in [0, 0.05) is 0 Å². The number of hydrogen-bond acceptors (Lipinski definition) is 3. The minimum Gasteiger partial charge on any atom is -0.463 e. The topological polar surface area (TPSA) is 67.4 Å². The molecule has 1 atom stereocenters. The molecule has 0 unspecified atom stereocenters. The van der Waals surface area contributed by atoms with E-state index in [1.807, 2.05) is 6.07 Å². The molecule has 1 aliphatic rings. The molecule has 2 amide bonds. The minimum absolute atomic E-state index is 0.189. The first-order valence-electron chi connectivity index (χ1n) is 7.90. The molecular formula is C19H17FN2O3. The summed E-state index contributed by atoms with van der Waals surface area (Å²) in [4.78, 5) is 24.7. The second-order valence-electron chi connectivity index (χ2n) is 5.46. The van der Waals surface area contributed by atoms with E-state index in [-0.39, 0.29) is 12.2 Å². The Hall–Kier alpha value is -3.15. The number of urea groups is 1. The van der Waals surface area contributed by atoms with Crippen LogP contribution in [0.5, 0.6) is 0 Å². The summed E-state index contributed by atoms with van der Waals surface area (Å²) in [6, 6.07) is 13.5. The summed E-state index contributed by atoms with van der Waals surface area (Å²) in [5, 5.41) is 5.35. The first-order valence-corrected chi connectivity index (χ1v) is 7.90. The van der Waals surface area contributed by atoms with Gasteiger partial charge in [-0.3, -0.25) is 0 Å². The van der Waals surface area contributed by atoms with Gasteiger partial charge in [-0.2, -0.15) is 0 Å². The molecule has 128 valence electrons. The highest BCUT2D eigenvalue weighted by atomic mass is 19.1. The van der Waals surface area contributed by atoms with Crippen LogP contribution >= 0.6 is 0 Å². The Bertz CT molecular complexity index is 834. The van der Waals surface area contributed by atoms with Gasteiger partial charge in [0.05, 0.1) is 23.9 Å². The fourth-order valence-corrected chi connectivity index (χ4v) is 2.76. The molecule has 0 saturated heterocycles. The predicted molar refractivity (Wildman–Crippen MR) is 90.8 cm³/mol. The summed E-state index contributed by atoms with van der Waals surface area (Å²) in [6.45, 7) is 1.89. The number of carbonyl (C=O) groups is 2. The van der Waals surface area contributed by atoms with Crippen molar-refractivity contribution in [1.29, 1.82) is 0 Å². The van der Waals surface area contributed by atoms with E-state index in [0.29, 0.717) is 16.8 Å². The zero-order valence-corrected chi connectivity index (χ0v) is 13.6. The summed E-state index contributed by atoms with van der Waals surface area (Å²) in [5.74, 6) is -1.02. The molecule has 2 N–H and O–H groups in total. The lowest BCUT2D eigenvalue weighted by atomic mass is 9.92. The molecular weight excluding hydrogens is 323 g/mol. The average Bonchev–Trinajstić information content (AvgIpc) is 2.62. The van der Waals surface area contributed by atoms with E-state index in [1.165, 1.54) is 18.2 Å². The van der Waals surface area contributed by atoms with E-state index in [0.717, 1.165) is 0 Å². The molecule has 2 aromatic carbocycles. The Morgan fingerprint density at radius 3 is 2.60 bits per heavy atom. The zero-order chi connectivity index (χ0) is 17.8. The molecule has 5 nitrogen and oxygen atoms in total. The molecule has 0 fully saturated rings. The summed E-state index contributed by atoms with van der Waals surface area (Å²) >= 11 is 0. The van der Waals surface area contributed by atoms with Crippen LogP contribution in [-0.4, -0.2) is 18.6 Å². The number of nitrogens with one attached hydrogen (secondary N) is 2. The third kappa shape index (κ3) is 3.52. The zero-order valence-electron chi connectivity index (χ0n) is 13.6. The molecule has 1 heterocycles. The second-order valence-corrected chi connectivity index (χ2v) is 5.46. The first-order chi connectivity index (χ1) is 12.1. The summed E-state index contributed by atoms with van der Waals surface area (Å²) in [6.07, 6.45) is 0. The Morgan fingerprint density at radius 2 is 1.92 bits per heavy atom. The summed E-state index contributed by atoms with van der Waals surface area (Å²) in [5.41, 5.74) is 1.73. The van der Waals surface area contributed by atoms with Gasteiger partial charge in [0.2, 0.25) is 0 Å². The van der Waals surface area contributed by atoms with Crippen molar-refractivity contribution >= 4 is 17.7 Å². The second kappa shape index (κ2) is 7.17. The van der Waals surface area contributed by atoms with E-state index in [4.69, 9.17) is 4.74 Å². The summed E-state index contributed by atoms with van der Waals surface area (Å²) in [7, 11) is 0. The lowest BCUT2D eigenvalue weighted by Crippen LogP contribution is -2.45. The largest absolute Gasteiger partial charge is 0.463 e. The van der Waals surface area contributed by atoms with Crippen LogP contribution in [-0.2, 0) is 9.53 Å². The standard InChI is InChI=1S/C19H17FN2O3/c1-2-25-18(23)15-16(12-7-4-3-5-8-12)21-19(24)22-17(15)13-9-6-10-14(20)11-13/h3-11,17H,2H2,1H3,(H2,21,22,24)/t17-/m0/s1. The molecule has 0 radical (unpaired) electrons. The van der Waals surface area contributed by atoms with Crippen molar-refractivity contribution in [2.75, 3.05) is 6.61 Å². The molecule has 6 heteroatoms. The van der Waals surface area contributed by atoms with Crippen LogP contribution in [0.2, 0.25) is 0 Å². The number of benzene rings is 2. The van der Waals surface area contributed by atoms with E-state index in [9.17, 15) is 14.0 Å². The van der Waals surface area contributed by atoms with Crippen molar-refractivity contribution in [2.24, 2.45) is 0 Å². The van der Waals surface area contributed by atoms with E-state index in [2.05, 4.69) is 10.6 Å². The van der Waals surface area contributed by atoms with Crippen LogP contribution < -0.4 is 10.6 Å². The van der Waals surface area contributed by atoms with Crippen molar-refractivity contribution < 1.29 is 18.7 Å². The van der Waals surface area contributed by atoms with Crippen molar-refractivity contribution in [3.05, 3.63) is 77.1 Å². The van der Waals surface area contributed by atoms with Crippen LogP contribution in [0.1, 0.15) is 24.1 Å². The maximum absolute atomic E-state index is 13.7. The van der Waals surface area contributed by atoms with Gasteiger partial charge >= 0.3 is 12.0 Å². The first kappa shape index (κ1) is 16.7. The third-order valence-electron chi connectivity index (χ3n) is 3.81. The SMILES string of the molecule is CCOC(=O)C1=C(c2ccccc2)NC(=O)N[C@H]1c1cccc(F)c1. The van der Waals surface area contributed by atoms with Crippen molar-refractivity contribution in [3.8, 4) is 0 Å². The summed E-state index contributed by atoms with van der Waals surface area (Å²) < 4.78 is 18.8. The number of amides is 2. The Balaban J connectivity index is 2.18. The number of rotatable bonds is 4. The Labute approximate surface area is 144 Å². The molecule has 1 aliphatic heterocycles. The van der Waals surface area contributed by atoms with Gasteiger partial charge in [-0.05, 0) is 30.2 Å². The highest BCUT2D eigenvalue weighted by molar-refractivity contribution is 6.04. The predicted octanol–water partition coefficient (Wildman–Crippen LogP) is 3.15. The van der Waals surface area contributed by atoms with E-state index in [1.54, 1.807) is 37.3 Å². The fraction of sp³-hybridized carbons (Fsp3) is 0.158. The molecule has 0 aliphatic carbocycles. The lowest BCUT2D eigenvalue weighted by molar-refractivity contribution is -0.138. The monoisotopic (exact) mass is 340 g/mol. The molecule has 0 aromatic heterocycles. The highest BCUT2D eigenvalue weighted by Gasteiger charge is 2.34. The number of hydrogen-bond donors (Lipinski definition) is 2. The van der Waals surface area contributed by atoms with Crippen LogP contribution in [0.4, 0.5) is 9.18 Å². The normalized spacial score (nSPS) is 16.9. The van der Waals surface area contributed by atoms with E-state index >= 15 is 0 Å². The molecule has 0 spiro atoms. The molecule has 0 bridgehead atoms. The van der Waals surface area contributed by atoms with Gasteiger partial charge in [-0.1, -0.05) is 42.5 Å². The third-order valence-corrected chi connectivity index (χ3v) is 3.81. The van der Waals surface area contributed by atoms with Gasteiger partial charge in [0.1, 0.15) is 5.82 Å². The van der Waals surface area contributed by atoms with E-state index < -0.39 is 23.9 Å². The molecule has 3 rings (SSSR count). The Kier molecular flexibility index (Phi) is 4.79. The minimum atomic E-state index is -0.807. The maximum Gasteiger partial charge on any atom is 0.338 e. The molecule has 2 aromatic rings. The number of halogens is 1. The quantitative estimate of drug-likeness (QED) is 0.840. The van der Waals surface area contributed by atoms with Gasteiger partial charge in [-0.15, -0.1) is 0 Å². The van der Waals surface area contributed by atoms with Crippen LogP contribution in [0.3, 0.4) is 0 Å². The van der Waals surface area contributed by atoms with Crippen LogP contribution in [0.25, 0.3) is 5.70 Å². The maximum atomic E-state index is 13.7. The molecule has 25 heavy (non-hydrogen) atoms. The van der Waals surface area contributed by atoms with Crippen molar-refractivity contribution in [1.82, 2.24) is 10.6 Å². The van der Waals surface area contributed by atoms with Crippen molar-refractivity contribution in [2.45, 2.75) is 13.0 Å². The van der Waals surface area contributed by atoms with Crippen molar-refractivity contribution in [3.63, 3.8) is 0 Å². The number of esters is 1. The van der Waals surface area contributed by atoms with Gasteiger partial charge < -0.3 is 15.4 Å². The average molecular weight is 340 g/mol. The molecule has 0 saturated carbocycles. The van der Waals surface area contributed by atoms with Gasteiger partial charge in [0.25, 0.3) is 0 Å². The van der Waals surface area contributed by atoms with Gasteiger partial charge in [-0.25, -0.2) is 14.0 Å². The lowest BCUT2D eigenvalue weighted by Gasteiger charge is -2.29. The fourth-order valence-electron chi connectivity index (χ4n) is 2.76.